The molecular weight excluding hydrogens is 396 g/mol. The lowest BCUT2D eigenvalue weighted by Crippen LogP contribution is -2.14. The quantitative estimate of drug-likeness (QED) is 0.651. The van der Waals surface area contributed by atoms with Crippen LogP contribution in [0.15, 0.2) is 33.7 Å². The molecular formula is C17H17ClN2O4S2. The molecule has 0 fully saturated rings. The van der Waals surface area contributed by atoms with Crippen molar-refractivity contribution in [2.75, 3.05) is 11.8 Å². The SMILES string of the molecule is COc1ccc(NS(=O)(=O)c2c(C)sc(C)c2-c2cc(C)no2)cc1Cl. The second-order valence-electron chi connectivity index (χ2n) is 5.71. The maximum absolute atomic E-state index is 13.1. The van der Waals surface area contributed by atoms with Gasteiger partial charge in [-0.3, -0.25) is 4.72 Å². The van der Waals surface area contributed by atoms with Gasteiger partial charge in [-0.05, 0) is 39.0 Å². The smallest absolute Gasteiger partial charge is 0.263 e. The van der Waals surface area contributed by atoms with Crippen LogP contribution in [-0.4, -0.2) is 20.7 Å². The number of rotatable bonds is 5. The van der Waals surface area contributed by atoms with E-state index in [9.17, 15) is 8.42 Å². The molecule has 0 aliphatic carbocycles. The number of ether oxygens (including phenoxy) is 1. The largest absolute Gasteiger partial charge is 0.495 e. The zero-order valence-electron chi connectivity index (χ0n) is 14.6. The predicted molar refractivity (Wildman–Crippen MR) is 103 cm³/mol. The molecule has 9 heteroatoms. The minimum Gasteiger partial charge on any atom is -0.495 e. The second kappa shape index (κ2) is 6.94. The lowest BCUT2D eigenvalue weighted by Gasteiger charge is -2.11. The van der Waals surface area contributed by atoms with Crippen molar-refractivity contribution in [2.45, 2.75) is 25.7 Å². The first kappa shape index (κ1) is 18.8. The Morgan fingerprint density at radius 3 is 2.50 bits per heavy atom. The fourth-order valence-corrected chi connectivity index (χ4v) is 5.86. The summed E-state index contributed by atoms with van der Waals surface area (Å²) in [5.41, 5.74) is 1.56. The molecule has 138 valence electrons. The molecule has 0 radical (unpaired) electrons. The molecule has 6 nitrogen and oxygen atoms in total. The summed E-state index contributed by atoms with van der Waals surface area (Å²) in [6, 6.07) is 6.42. The van der Waals surface area contributed by atoms with Crippen LogP contribution in [0, 0.1) is 20.8 Å². The van der Waals surface area contributed by atoms with Crippen LogP contribution in [0.3, 0.4) is 0 Å². The van der Waals surface area contributed by atoms with E-state index in [0.717, 1.165) is 4.88 Å². The van der Waals surface area contributed by atoms with Gasteiger partial charge < -0.3 is 9.26 Å². The Bertz CT molecular complexity index is 1070. The number of sulfonamides is 1. The molecule has 0 saturated heterocycles. The molecule has 0 amide bonds. The summed E-state index contributed by atoms with van der Waals surface area (Å²) < 4.78 is 39.1. The maximum atomic E-state index is 13.1. The summed E-state index contributed by atoms with van der Waals surface area (Å²) >= 11 is 7.48. The van der Waals surface area contributed by atoms with E-state index in [0.29, 0.717) is 38.4 Å². The maximum Gasteiger partial charge on any atom is 0.263 e. The number of thiophene rings is 1. The third-order valence-electron chi connectivity index (χ3n) is 3.75. The van der Waals surface area contributed by atoms with Gasteiger partial charge in [0.2, 0.25) is 0 Å². The molecule has 0 aliphatic rings. The highest BCUT2D eigenvalue weighted by molar-refractivity contribution is 7.93. The standard InChI is InChI=1S/C17H17ClN2O4S2/c1-9-7-15(24-19-9)16-10(2)25-11(3)17(16)26(21,22)20-12-5-6-14(23-4)13(18)8-12/h5-8,20H,1-4H3. The topological polar surface area (TPSA) is 81.4 Å². The highest BCUT2D eigenvalue weighted by Gasteiger charge is 2.28. The molecule has 0 bridgehead atoms. The van der Waals surface area contributed by atoms with Gasteiger partial charge in [0.25, 0.3) is 10.0 Å². The summed E-state index contributed by atoms with van der Waals surface area (Å²) in [6.45, 7) is 5.40. The van der Waals surface area contributed by atoms with Crippen LogP contribution in [0.2, 0.25) is 5.02 Å². The van der Waals surface area contributed by atoms with Crippen LogP contribution in [0.4, 0.5) is 5.69 Å². The van der Waals surface area contributed by atoms with Gasteiger partial charge >= 0.3 is 0 Å². The monoisotopic (exact) mass is 412 g/mol. The number of methoxy groups -OCH3 is 1. The molecule has 0 aliphatic heterocycles. The number of aromatic nitrogens is 1. The summed E-state index contributed by atoms with van der Waals surface area (Å²) in [7, 11) is -2.36. The van der Waals surface area contributed by atoms with E-state index < -0.39 is 10.0 Å². The molecule has 26 heavy (non-hydrogen) atoms. The fraction of sp³-hybridized carbons (Fsp3) is 0.235. The van der Waals surface area contributed by atoms with Crippen molar-refractivity contribution >= 4 is 38.6 Å². The van der Waals surface area contributed by atoms with Crippen molar-refractivity contribution in [3.63, 3.8) is 0 Å². The average molecular weight is 413 g/mol. The van der Waals surface area contributed by atoms with Crippen molar-refractivity contribution in [1.29, 1.82) is 0 Å². The minimum atomic E-state index is -3.86. The summed E-state index contributed by atoms with van der Waals surface area (Å²) in [6.07, 6.45) is 0. The molecule has 0 spiro atoms. The van der Waals surface area contributed by atoms with Crippen molar-refractivity contribution in [1.82, 2.24) is 5.16 Å². The highest BCUT2D eigenvalue weighted by Crippen LogP contribution is 2.40. The van der Waals surface area contributed by atoms with E-state index in [1.807, 2.05) is 6.92 Å². The Balaban J connectivity index is 2.06. The fourth-order valence-electron chi connectivity index (χ4n) is 2.69. The van der Waals surface area contributed by atoms with Crippen LogP contribution >= 0.6 is 22.9 Å². The van der Waals surface area contributed by atoms with Crippen LogP contribution in [0.1, 0.15) is 15.4 Å². The zero-order valence-corrected chi connectivity index (χ0v) is 17.0. The van der Waals surface area contributed by atoms with E-state index in [1.165, 1.54) is 24.5 Å². The minimum absolute atomic E-state index is 0.183. The number of nitrogens with one attached hydrogen (secondary N) is 1. The van der Waals surface area contributed by atoms with Gasteiger partial charge in [-0.15, -0.1) is 11.3 Å². The third kappa shape index (κ3) is 3.44. The van der Waals surface area contributed by atoms with E-state index >= 15 is 0 Å². The number of halogens is 1. The first-order valence-corrected chi connectivity index (χ1v) is 10.3. The van der Waals surface area contributed by atoms with Crippen LogP contribution in [-0.2, 0) is 10.0 Å². The molecule has 0 unspecified atom stereocenters. The summed E-state index contributed by atoms with van der Waals surface area (Å²) in [5, 5.41) is 4.18. The van der Waals surface area contributed by atoms with Gasteiger partial charge in [-0.2, -0.15) is 0 Å². The Labute approximate surface area is 160 Å². The summed E-state index contributed by atoms with van der Waals surface area (Å²) in [4.78, 5) is 1.69. The van der Waals surface area contributed by atoms with Crippen molar-refractivity contribution < 1.29 is 17.7 Å². The van der Waals surface area contributed by atoms with Crippen LogP contribution < -0.4 is 9.46 Å². The Kier molecular flexibility index (Phi) is 5.01. The molecule has 3 rings (SSSR count). The van der Waals surface area contributed by atoms with Gasteiger partial charge in [-0.1, -0.05) is 16.8 Å². The number of hydrogen-bond acceptors (Lipinski definition) is 6. The first-order chi connectivity index (χ1) is 12.2. The number of hydrogen-bond donors (Lipinski definition) is 1. The first-order valence-electron chi connectivity index (χ1n) is 7.63. The van der Waals surface area contributed by atoms with Gasteiger partial charge in [0.15, 0.2) is 5.76 Å². The lowest BCUT2D eigenvalue weighted by molar-refractivity contribution is 0.415. The van der Waals surface area contributed by atoms with E-state index in [1.54, 1.807) is 32.0 Å². The average Bonchev–Trinajstić information content (AvgIpc) is 3.10. The lowest BCUT2D eigenvalue weighted by atomic mass is 10.2. The van der Waals surface area contributed by atoms with Crippen molar-refractivity contribution in [2.24, 2.45) is 0 Å². The summed E-state index contributed by atoms with van der Waals surface area (Å²) in [5.74, 6) is 0.896. The molecule has 0 saturated carbocycles. The van der Waals surface area contributed by atoms with Crippen molar-refractivity contribution in [3.8, 4) is 17.1 Å². The molecule has 2 aromatic heterocycles. The molecule has 1 aromatic carbocycles. The highest BCUT2D eigenvalue weighted by atomic mass is 35.5. The number of aryl methyl sites for hydroxylation is 3. The molecule has 2 heterocycles. The normalized spacial score (nSPS) is 11.6. The van der Waals surface area contributed by atoms with Gasteiger partial charge in [-0.25, -0.2) is 8.42 Å². The molecule has 0 atom stereocenters. The Morgan fingerprint density at radius 2 is 1.92 bits per heavy atom. The van der Waals surface area contributed by atoms with Gasteiger partial charge in [0.1, 0.15) is 10.6 Å². The van der Waals surface area contributed by atoms with E-state index in [2.05, 4.69) is 9.88 Å². The molecule has 3 aromatic rings. The Morgan fingerprint density at radius 1 is 1.19 bits per heavy atom. The second-order valence-corrected chi connectivity index (χ2v) is 9.16. The van der Waals surface area contributed by atoms with Crippen LogP contribution in [0.25, 0.3) is 11.3 Å². The van der Waals surface area contributed by atoms with Crippen molar-refractivity contribution in [3.05, 3.63) is 44.7 Å². The van der Waals surface area contributed by atoms with E-state index in [4.69, 9.17) is 20.9 Å². The van der Waals surface area contributed by atoms with E-state index in [-0.39, 0.29) is 4.90 Å². The molecule has 1 N–H and O–H groups in total. The predicted octanol–water partition coefficient (Wildman–Crippen LogP) is 4.79. The zero-order chi connectivity index (χ0) is 19.1. The third-order valence-corrected chi connectivity index (χ3v) is 6.75. The van der Waals surface area contributed by atoms with Crippen LogP contribution in [0.5, 0.6) is 5.75 Å². The number of nitrogens with zero attached hydrogens (tertiary/aromatic N) is 1. The Hall–Kier alpha value is -2.03. The van der Waals surface area contributed by atoms with Gasteiger partial charge in [0.05, 0.1) is 29.1 Å². The number of benzene rings is 1. The number of anilines is 1. The van der Waals surface area contributed by atoms with Gasteiger partial charge in [0, 0.05) is 15.8 Å².